The number of terminal acetylenes is 1. The molecule has 1 aromatic heterocycles. The Kier molecular flexibility index (Phi) is 4.25. The largest absolute Gasteiger partial charge is 0.496 e. The highest BCUT2D eigenvalue weighted by Gasteiger charge is 2.12. The van der Waals surface area contributed by atoms with E-state index in [-0.39, 0.29) is 0 Å². The van der Waals surface area contributed by atoms with E-state index in [0.29, 0.717) is 24.0 Å². The standard InChI is InChI=1S/C18H15N3O2/c1-3-13-7-6-8-14(11-13)19-12-17-20-18(21-23-17)15-9-4-5-10-16(15)22-2/h1,4-11,19H,12H2,2H3. The lowest BCUT2D eigenvalue weighted by atomic mass is 10.2. The fourth-order valence-electron chi connectivity index (χ4n) is 2.16. The van der Waals surface area contributed by atoms with Gasteiger partial charge >= 0.3 is 0 Å². The van der Waals surface area contributed by atoms with Crippen LogP contribution in [0.5, 0.6) is 5.75 Å². The van der Waals surface area contributed by atoms with Gasteiger partial charge in [-0.15, -0.1) is 6.42 Å². The summed E-state index contributed by atoms with van der Waals surface area (Å²) < 4.78 is 10.6. The molecule has 0 aliphatic carbocycles. The Labute approximate surface area is 134 Å². The minimum atomic E-state index is 0.413. The van der Waals surface area contributed by atoms with Gasteiger partial charge in [0.2, 0.25) is 11.7 Å². The molecule has 23 heavy (non-hydrogen) atoms. The van der Waals surface area contributed by atoms with Gasteiger partial charge < -0.3 is 14.6 Å². The molecule has 114 valence electrons. The van der Waals surface area contributed by atoms with Crippen LogP contribution in [0.25, 0.3) is 11.4 Å². The van der Waals surface area contributed by atoms with E-state index in [1.54, 1.807) is 7.11 Å². The molecule has 0 unspecified atom stereocenters. The molecule has 1 heterocycles. The van der Waals surface area contributed by atoms with Crippen LogP contribution in [0.1, 0.15) is 11.5 Å². The first kappa shape index (κ1) is 14.7. The zero-order valence-corrected chi connectivity index (χ0v) is 12.6. The number of aromatic nitrogens is 2. The van der Waals surface area contributed by atoms with Crippen molar-refractivity contribution < 1.29 is 9.26 Å². The van der Waals surface area contributed by atoms with Crippen LogP contribution in [-0.2, 0) is 6.54 Å². The third-order valence-electron chi connectivity index (χ3n) is 3.29. The predicted octanol–water partition coefficient (Wildman–Crippen LogP) is 3.34. The first-order valence-corrected chi connectivity index (χ1v) is 7.06. The van der Waals surface area contributed by atoms with Crippen molar-refractivity contribution in [2.24, 2.45) is 0 Å². The van der Waals surface area contributed by atoms with Crippen molar-refractivity contribution >= 4 is 5.69 Å². The van der Waals surface area contributed by atoms with Crippen molar-refractivity contribution in [3.63, 3.8) is 0 Å². The van der Waals surface area contributed by atoms with Gasteiger partial charge in [-0.1, -0.05) is 29.3 Å². The number of hydrogen-bond donors (Lipinski definition) is 1. The Morgan fingerprint density at radius 2 is 2.09 bits per heavy atom. The summed E-state index contributed by atoms with van der Waals surface area (Å²) in [6.45, 7) is 0.413. The van der Waals surface area contributed by atoms with Gasteiger partial charge in [-0.05, 0) is 30.3 Å². The second-order valence-electron chi connectivity index (χ2n) is 4.79. The zero-order valence-electron chi connectivity index (χ0n) is 12.6. The average Bonchev–Trinajstić information content (AvgIpc) is 3.09. The molecule has 0 aliphatic rings. The van der Waals surface area contributed by atoms with E-state index < -0.39 is 0 Å². The molecule has 5 heteroatoms. The van der Waals surface area contributed by atoms with Gasteiger partial charge in [-0.2, -0.15) is 4.98 Å². The highest BCUT2D eigenvalue weighted by Crippen LogP contribution is 2.27. The SMILES string of the molecule is C#Cc1cccc(NCc2nc(-c3ccccc3OC)no2)c1. The molecule has 0 radical (unpaired) electrons. The summed E-state index contributed by atoms with van der Waals surface area (Å²) >= 11 is 0. The van der Waals surface area contributed by atoms with Crippen molar-refractivity contribution in [2.45, 2.75) is 6.54 Å². The quantitative estimate of drug-likeness (QED) is 0.733. The van der Waals surface area contributed by atoms with Gasteiger partial charge in [0.1, 0.15) is 5.75 Å². The van der Waals surface area contributed by atoms with Crippen LogP contribution in [0.15, 0.2) is 53.1 Å². The van der Waals surface area contributed by atoms with E-state index in [1.165, 1.54) is 0 Å². The number of nitrogens with one attached hydrogen (secondary N) is 1. The second-order valence-corrected chi connectivity index (χ2v) is 4.79. The Morgan fingerprint density at radius 1 is 1.22 bits per heavy atom. The van der Waals surface area contributed by atoms with E-state index >= 15 is 0 Å². The number of methoxy groups -OCH3 is 1. The zero-order chi connectivity index (χ0) is 16.1. The molecule has 0 saturated carbocycles. The highest BCUT2D eigenvalue weighted by molar-refractivity contribution is 5.63. The van der Waals surface area contributed by atoms with Crippen LogP contribution in [0.2, 0.25) is 0 Å². The molecule has 0 saturated heterocycles. The molecule has 0 fully saturated rings. The van der Waals surface area contributed by atoms with Gasteiger partial charge in [-0.3, -0.25) is 0 Å². The van der Waals surface area contributed by atoms with Crippen molar-refractivity contribution in [3.8, 4) is 29.5 Å². The fourth-order valence-corrected chi connectivity index (χ4v) is 2.16. The lowest BCUT2D eigenvalue weighted by Gasteiger charge is -2.04. The summed E-state index contributed by atoms with van der Waals surface area (Å²) in [5.41, 5.74) is 2.51. The maximum Gasteiger partial charge on any atom is 0.246 e. The number of para-hydroxylation sites is 1. The Hall–Kier alpha value is -3.26. The topological polar surface area (TPSA) is 60.2 Å². The minimum absolute atomic E-state index is 0.413. The first-order chi connectivity index (χ1) is 11.3. The van der Waals surface area contributed by atoms with Crippen molar-refractivity contribution in [1.82, 2.24) is 10.1 Å². The van der Waals surface area contributed by atoms with Gasteiger partial charge in [0.05, 0.1) is 19.2 Å². The maximum absolute atomic E-state index is 5.39. The van der Waals surface area contributed by atoms with Crippen molar-refractivity contribution in [1.29, 1.82) is 0 Å². The van der Waals surface area contributed by atoms with E-state index in [9.17, 15) is 0 Å². The molecule has 3 aromatic rings. The van der Waals surface area contributed by atoms with Crippen LogP contribution in [0.3, 0.4) is 0 Å². The number of rotatable bonds is 5. The average molecular weight is 305 g/mol. The fraction of sp³-hybridized carbons (Fsp3) is 0.111. The highest BCUT2D eigenvalue weighted by atomic mass is 16.5. The first-order valence-electron chi connectivity index (χ1n) is 7.06. The van der Waals surface area contributed by atoms with Gasteiger partial charge in [0.15, 0.2) is 0 Å². The van der Waals surface area contributed by atoms with Crippen LogP contribution >= 0.6 is 0 Å². The molecule has 3 rings (SSSR count). The van der Waals surface area contributed by atoms with E-state index in [4.69, 9.17) is 15.7 Å². The summed E-state index contributed by atoms with van der Waals surface area (Å²) in [6.07, 6.45) is 5.39. The van der Waals surface area contributed by atoms with Crippen LogP contribution < -0.4 is 10.1 Å². The molecule has 0 amide bonds. The molecule has 0 aliphatic heterocycles. The summed E-state index contributed by atoms with van der Waals surface area (Å²) in [4.78, 5) is 4.39. The Morgan fingerprint density at radius 3 is 2.91 bits per heavy atom. The lowest BCUT2D eigenvalue weighted by Crippen LogP contribution is -1.99. The number of nitrogens with zero attached hydrogens (tertiary/aromatic N) is 2. The van der Waals surface area contributed by atoms with E-state index in [2.05, 4.69) is 21.4 Å². The molecule has 1 N–H and O–H groups in total. The number of hydrogen-bond acceptors (Lipinski definition) is 5. The van der Waals surface area contributed by atoms with Gasteiger partial charge in [0, 0.05) is 11.3 Å². The van der Waals surface area contributed by atoms with Gasteiger partial charge in [0.25, 0.3) is 0 Å². The Bertz CT molecular complexity index is 849. The van der Waals surface area contributed by atoms with Gasteiger partial charge in [-0.25, -0.2) is 0 Å². The summed E-state index contributed by atoms with van der Waals surface area (Å²) in [6, 6.07) is 15.1. The molecule has 5 nitrogen and oxygen atoms in total. The lowest BCUT2D eigenvalue weighted by molar-refractivity contribution is 0.383. The normalized spacial score (nSPS) is 10.1. The van der Waals surface area contributed by atoms with Crippen molar-refractivity contribution in [2.75, 3.05) is 12.4 Å². The maximum atomic E-state index is 5.39. The molecule has 0 atom stereocenters. The molecular weight excluding hydrogens is 290 g/mol. The summed E-state index contributed by atoms with van der Waals surface area (Å²) in [5.74, 6) is 4.28. The molecule has 0 spiro atoms. The molecule has 0 bridgehead atoms. The van der Waals surface area contributed by atoms with Crippen LogP contribution in [0, 0.1) is 12.3 Å². The summed E-state index contributed by atoms with van der Waals surface area (Å²) in [5, 5.41) is 7.21. The number of benzene rings is 2. The van der Waals surface area contributed by atoms with E-state index in [1.807, 2.05) is 48.5 Å². The van der Waals surface area contributed by atoms with Crippen LogP contribution in [-0.4, -0.2) is 17.3 Å². The van der Waals surface area contributed by atoms with Crippen molar-refractivity contribution in [3.05, 3.63) is 60.0 Å². The molecular formula is C18H15N3O2. The van der Waals surface area contributed by atoms with E-state index in [0.717, 1.165) is 16.8 Å². The number of anilines is 1. The van der Waals surface area contributed by atoms with Crippen LogP contribution in [0.4, 0.5) is 5.69 Å². The minimum Gasteiger partial charge on any atom is -0.496 e. The summed E-state index contributed by atoms with van der Waals surface area (Å²) in [7, 11) is 1.61. The second kappa shape index (κ2) is 6.67. The number of ether oxygens (including phenoxy) is 1. The third kappa shape index (κ3) is 3.33. The monoisotopic (exact) mass is 305 g/mol. The third-order valence-corrected chi connectivity index (χ3v) is 3.29. The predicted molar refractivity (Wildman–Crippen MR) is 88.0 cm³/mol. The Balaban J connectivity index is 1.73. The molecule has 2 aromatic carbocycles. The smallest absolute Gasteiger partial charge is 0.246 e.